The number of aryl methyl sites for hydroxylation is 2. The van der Waals surface area contributed by atoms with Gasteiger partial charge < -0.3 is 14.8 Å². The Kier molecular flexibility index (Phi) is 8.66. The molecule has 2 aliphatic rings. The first-order chi connectivity index (χ1) is 16.6. The Morgan fingerprint density at radius 3 is 2.65 bits per heavy atom. The highest BCUT2D eigenvalue weighted by atomic mass is 16.5. The average molecular weight is 464 g/mol. The zero-order chi connectivity index (χ0) is 23.8. The first-order valence-electron chi connectivity index (χ1n) is 13.2. The fourth-order valence-corrected chi connectivity index (χ4v) is 5.82. The van der Waals surface area contributed by atoms with Gasteiger partial charge in [0.25, 0.3) is 0 Å². The van der Waals surface area contributed by atoms with Crippen LogP contribution in [0.15, 0.2) is 48.5 Å². The van der Waals surface area contributed by atoms with E-state index in [4.69, 9.17) is 9.47 Å². The number of hydrogen-bond donors (Lipinski definition) is 1. The van der Waals surface area contributed by atoms with Crippen LogP contribution in [0, 0.1) is 11.8 Å². The Bertz CT molecular complexity index is 918. The molecule has 4 rings (SSSR count). The maximum absolute atomic E-state index is 12.0. The van der Waals surface area contributed by atoms with E-state index in [-0.39, 0.29) is 17.3 Å². The fraction of sp³-hybridized carbons (Fsp3) is 0.567. The molecule has 2 aromatic rings. The predicted molar refractivity (Wildman–Crippen MR) is 137 cm³/mol. The smallest absolute Gasteiger partial charge is 0.308 e. The van der Waals surface area contributed by atoms with E-state index >= 15 is 0 Å². The van der Waals surface area contributed by atoms with Crippen molar-refractivity contribution < 1.29 is 14.3 Å². The Hall–Kier alpha value is -2.33. The molecule has 0 heterocycles. The van der Waals surface area contributed by atoms with Gasteiger partial charge in [-0.05, 0) is 111 Å². The van der Waals surface area contributed by atoms with Crippen molar-refractivity contribution in [2.75, 3.05) is 26.8 Å². The van der Waals surface area contributed by atoms with Gasteiger partial charge in [0.2, 0.25) is 0 Å². The highest BCUT2D eigenvalue weighted by Gasteiger charge is 2.43. The maximum atomic E-state index is 12.0. The summed E-state index contributed by atoms with van der Waals surface area (Å²) in [7, 11) is 1.50. The maximum Gasteiger partial charge on any atom is 0.308 e. The lowest BCUT2D eigenvalue weighted by atomic mass is 9.67. The number of nitrogens with one attached hydrogen (secondary N) is 1. The highest BCUT2D eigenvalue weighted by Crippen LogP contribution is 2.50. The van der Waals surface area contributed by atoms with Crippen molar-refractivity contribution in [3.63, 3.8) is 0 Å². The Morgan fingerprint density at radius 1 is 1.09 bits per heavy atom. The molecule has 0 unspecified atom stereocenters. The van der Waals surface area contributed by atoms with Crippen LogP contribution in [0.5, 0.6) is 5.75 Å². The van der Waals surface area contributed by atoms with Crippen molar-refractivity contribution in [3.05, 3.63) is 65.2 Å². The molecule has 4 heteroatoms. The number of fused-ring (bicyclic) bond motifs is 2. The molecule has 1 fully saturated rings. The van der Waals surface area contributed by atoms with Crippen LogP contribution in [0.4, 0.5) is 0 Å². The Morgan fingerprint density at radius 2 is 1.88 bits per heavy atom. The monoisotopic (exact) mass is 463 g/mol. The first-order valence-corrected chi connectivity index (χ1v) is 13.2. The van der Waals surface area contributed by atoms with E-state index in [0.717, 1.165) is 70.4 Å². The highest BCUT2D eigenvalue weighted by molar-refractivity contribution is 5.72. The minimum absolute atomic E-state index is 0.0372. The van der Waals surface area contributed by atoms with Crippen molar-refractivity contribution in [3.8, 4) is 5.75 Å². The molecule has 184 valence electrons. The zero-order valence-electron chi connectivity index (χ0n) is 21.0. The predicted octanol–water partition coefficient (Wildman–Crippen LogP) is 5.86. The van der Waals surface area contributed by atoms with Gasteiger partial charge in [-0.15, -0.1) is 0 Å². The van der Waals surface area contributed by atoms with Crippen molar-refractivity contribution in [2.45, 2.75) is 70.1 Å². The molecule has 0 amide bonds. The van der Waals surface area contributed by atoms with Crippen LogP contribution in [0.3, 0.4) is 0 Å². The van der Waals surface area contributed by atoms with E-state index in [1.165, 1.54) is 36.6 Å². The molecule has 1 atom stereocenters. The van der Waals surface area contributed by atoms with Gasteiger partial charge in [0.15, 0.2) is 0 Å². The molecular formula is C30H41NO3. The van der Waals surface area contributed by atoms with E-state index in [2.05, 4.69) is 60.8 Å². The Labute approximate surface area is 205 Å². The molecular weight excluding hydrogens is 422 g/mol. The third kappa shape index (κ3) is 6.21. The van der Waals surface area contributed by atoms with Crippen LogP contribution in [-0.2, 0) is 27.8 Å². The van der Waals surface area contributed by atoms with Crippen LogP contribution in [0.1, 0.15) is 68.6 Å². The van der Waals surface area contributed by atoms with E-state index < -0.39 is 0 Å². The average Bonchev–Trinajstić information content (AvgIpc) is 3.22. The first kappa shape index (κ1) is 24.8. The summed E-state index contributed by atoms with van der Waals surface area (Å²) in [6.45, 7) is 5.12. The molecule has 1 saturated carbocycles. The number of carbonyl (C=O) groups is 1. The normalized spacial score (nSPS) is 22.4. The van der Waals surface area contributed by atoms with E-state index in [0.29, 0.717) is 5.92 Å². The van der Waals surface area contributed by atoms with E-state index in [9.17, 15) is 4.79 Å². The molecule has 0 saturated heterocycles. The molecule has 2 aliphatic carbocycles. The van der Waals surface area contributed by atoms with Crippen LogP contribution in [0.2, 0.25) is 0 Å². The molecule has 0 bridgehead atoms. The summed E-state index contributed by atoms with van der Waals surface area (Å²) >= 11 is 0. The lowest BCUT2D eigenvalue weighted by molar-refractivity contribution is -0.147. The number of ether oxygens (including phenoxy) is 2. The summed E-state index contributed by atoms with van der Waals surface area (Å²) in [6, 6.07) is 17.4. The molecule has 0 aromatic heterocycles. The number of rotatable bonds is 11. The van der Waals surface area contributed by atoms with Gasteiger partial charge in [0, 0.05) is 0 Å². The molecule has 2 aromatic carbocycles. The summed E-state index contributed by atoms with van der Waals surface area (Å²) in [5.74, 6) is 1.55. The van der Waals surface area contributed by atoms with Gasteiger partial charge in [-0.1, -0.05) is 43.3 Å². The van der Waals surface area contributed by atoms with E-state index in [1.54, 1.807) is 0 Å². The van der Waals surface area contributed by atoms with Crippen molar-refractivity contribution in [1.29, 1.82) is 0 Å². The minimum Gasteiger partial charge on any atom is -0.493 e. The summed E-state index contributed by atoms with van der Waals surface area (Å²) < 4.78 is 11.2. The standard InChI is InChI=1S/C30H41NO3/c1-23(15-20-31-19-6-9-24-7-4-3-5-8-24)22-34-27-11-10-25-12-16-30(28(25)21-27)17-13-26(14-18-30)29(32)33-2/h3-5,7-8,10-11,21,23,26,31H,6,9,12-20,22H2,1-2H3/t23-,26?,30?/m0/s1. The van der Waals surface area contributed by atoms with Gasteiger partial charge in [-0.2, -0.15) is 0 Å². The summed E-state index contributed by atoms with van der Waals surface area (Å²) in [6.07, 6.45) is 9.80. The zero-order valence-corrected chi connectivity index (χ0v) is 21.0. The summed E-state index contributed by atoms with van der Waals surface area (Å²) in [5.41, 5.74) is 4.59. The number of benzene rings is 2. The molecule has 34 heavy (non-hydrogen) atoms. The lowest BCUT2D eigenvalue weighted by Gasteiger charge is -2.37. The quantitative estimate of drug-likeness (QED) is 0.335. The van der Waals surface area contributed by atoms with Crippen LogP contribution >= 0.6 is 0 Å². The fourth-order valence-electron chi connectivity index (χ4n) is 5.82. The van der Waals surface area contributed by atoms with Gasteiger partial charge in [-0.3, -0.25) is 4.79 Å². The second kappa shape index (κ2) is 11.9. The minimum atomic E-state index is -0.0372. The number of methoxy groups -OCH3 is 1. The number of carbonyl (C=O) groups excluding carboxylic acids is 1. The SMILES string of the molecule is COC(=O)C1CCC2(CCc3ccc(OC[C@@H](C)CCNCCCc4ccccc4)cc32)CC1. The lowest BCUT2D eigenvalue weighted by Crippen LogP contribution is -2.32. The Balaban J connectivity index is 1.19. The molecule has 1 spiro atoms. The second-order valence-electron chi connectivity index (χ2n) is 10.4. The number of esters is 1. The molecule has 1 N–H and O–H groups in total. The largest absolute Gasteiger partial charge is 0.493 e. The second-order valence-corrected chi connectivity index (χ2v) is 10.4. The van der Waals surface area contributed by atoms with Crippen molar-refractivity contribution >= 4 is 5.97 Å². The molecule has 0 aliphatic heterocycles. The van der Waals surface area contributed by atoms with Gasteiger partial charge in [-0.25, -0.2) is 0 Å². The van der Waals surface area contributed by atoms with Gasteiger partial charge in [0.05, 0.1) is 19.6 Å². The van der Waals surface area contributed by atoms with E-state index in [1.807, 2.05) is 0 Å². The van der Waals surface area contributed by atoms with Crippen molar-refractivity contribution in [1.82, 2.24) is 5.32 Å². The summed E-state index contributed by atoms with van der Waals surface area (Å²) in [5, 5.41) is 3.58. The third-order valence-corrected chi connectivity index (χ3v) is 8.01. The van der Waals surface area contributed by atoms with Gasteiger partial charge in [0.1, 0.15) is 5.75 Å². The molecule has 4 nitrogen and oxygen atoms in total. The van der Waals surface area contributed by atoms with Crippen LogP contribution in [0.25, 0.3) is 0 Å². The number of hydrogen-bond acceptors (Lipinski definition) is 4. The van der Waals surface area contributed by atoms with Gasteiger partial charge >= 0.3 is 5.97 Å². The summed E-state index contributed by atoms with van der Waals surface area (Å²) in [4.78, 5) is 12.0. The third-order valence-electron chi connectivity index (χ3n) is 8.01. The van der Waals surface area contributed by atoms with Crippen LogP contribution in [-0.4, -0.2) is 32.8 Å². The van der Waals surface area contributed by atoms with Crippen molar-refractivity contribution in [2.24, 2.45) is 11.8 Å². The molecule has 0 radical (unpaired) electrons. The topological polar surface area (TPSA) is 47.6 Å². The van der Waals surface area contributed by atoms with Crippen LogP contribution < -0.4 is 10.1 Å².